The second kappa shape index (κ2) is 15.5. The van der Waals surface area contributed by atoms with Gasteiger partial charge in [0.05, 0.1) is 25.4 Å². The van der Waals surface area contributed by atoms with Crippen molar-refractivity contribution in [2.75, 3.05) is 33.4 Å². The van der Waals surface area contributed by atoms with E-state index in [0.29, 0.717) is 12.6 Å². The lowest BCUT2D eigenvalue weighted by Crippen LogP contribution is -2.46. The van der Waals surface area contributed by atoms with Gasteiger partial charge in [0.2, 0.25) is 0 Å². The second-order valence-electron chi connectivity index (χ2n) is 11.6. The summed E-state index contributed by atoms with van der Waals surface area (Å²) in [6.07, 6.45) is 2.58. The van der Waals surface area contributed by atoms with Crippen LogP contribution in [-0.4, -0.2) is 61.7 Å². The van der Waals surface area contributed by atoms with Crippen LogP contribution in [0.25, 0.3) is 11.1 Å². The van der Waals surface area contributed by atoms with Gasteiger partial charge in [0, 0.05) is 37.7 Å². The van der Waals surface area contributed by atoms with E-state index in [4.69, 9.17) is 18.9 Å². The van der Waals surface area contributed by atoms with Gasteiger partial charge in [-0.05, 0) is 59.3 Å². The lowest BCUT2D eigenvalue weighted by atomic mass is 9.89. The maximum Gasteiger partial charge on any atom is 0.407 e. The van der Waals surface area contributed by atoms with Crippen LogP contribution in [0.1, 0.15) is 54.4 Å². The van der Waals surface area contributed by atoms with Gasteiger partial charge in [-0.15, -0.1) is 0 Å². The van der Waals surface area contributed by atoms with Crippen molar-refractivity contribution in [3.8, 4) is 11.1 Å². The monoisotopic (exact) mass is 600 g/mol. The minimum absolute atomic E-state index is 0.00895. The van der Waals surface area contributed by atoms with Gasteiger partial charge >= 0.3 is 6.09 Å². The Morgan fingerprint density at radius 2 is 1.82 bits per heavy atom. The fourth-order valence-corrected chi connectivity index (χ4v) is 6.16. The Bertz CT molecular complexity index is 1380. The minimum Gasteiger partial charge on any atom is -0.445 e. The third-order valence-electron chi connectivity index (χ3n) is 8.58. The molecule has 1 amide bonds. The van der Waals surface area contributed by atoms with Gasteiger partial charge in [0.1, 0.15) is 6.61 Å². The summed E-state index contributed by atoms with van der Waals surface area (Å²) in [5.74, 6) is 0.112. The van der Waals surface area contributed by atoms with E-state index in [1.54, 1.807) is 7.11 Å². The van der Waals surface area contributed by atoms with Crippen LogP contribution in [0.15, 0.2) is 85.5 Å². The van der Waals surface area contributed by atoms with E-state index in [0.717, 1.165) is 65.9 Å². The van der Waals surface area contributed by atoms with Gasteiger partial charge in [-0.2, -0.15) is 0 Å². The van der Waals surface area contributed by atoms with Crippen molar-refractivity contribution < 1.29 is 28.8 Å². The molecule has 0 radical (unpaired) electrons. The summed E-state index contributed by atoms with van der Waals surface area (Å²) in [5.41, 5.74) is 5.92. The molecule has 8 nitrogen and oxygen atoms in total. The molecule has 2 heterocycles. The third kappa shape index (κ3) is 7.94. The molecular formula is C36H44N2O6. The number of hydrogen-bond donors (Lipinski definition) is 2. The van der Waals surface area contributed by atoms with Crippen LogP contribution in [0.2, 0.25) is 0 Å². The van der Waals surface area contributed by atoms with E-state index in [-0.39, 0.29) is 31.3 Å². The average Bonchev–Trinajstić information content (AvgIpc) is 3.50. The molecule has 8 heteroatoms. The first-order valence-electron chi connectivity index (χ1n) is 15.4. The molecule has 0 aliphatic carbocycles. The predicted octanol–water partition coefficient (Wildman–Crippen LogP) is 6.16. The molecule has 234 valence electrons. The number of alkyl carbamates (subject to hydrolysis) is 1. The number of rotatable bonds is 12. The third-order valence-corrected chi connectivity index (χ3v) is 8.58. The highest BCUT2D eigenvalue weighted by Gasteiger charge is 2.40. The molecule has 0 aromatic heterocycles. The van der Waals surface area contributed by atoms with Crippen LogP contribution < -0.4 is 5.32 Å². The molecule has 3 aromatic carbocycles. The van der Waals surface area contributed by atoms with Crippen LogP contribution in [0.5, 0.6) is 0 Å². The zero-order valence-corrected chi connectivity index (χ0v) is 25.7. The van der Waals surface area contributed by atoms with Crippen LogP contribution >= 0.6 is 0 Å². The van der Waals surface area contributed by atoms with Crippen molar-refractivity contribution >= 4 is 6.09 Å². The summed E-state index contributed by atoms with van der Waals surface area (Å²) in [6, 6.07) is 24.8. The van der Waals surface area contributed by atoms with Crippen LogP contribution in [-0.2, 0) is 32.1 Å². The van der Waals surface area contributed by atoms with E-state index in [9.17, 15) is 9.90 Å². The minimum atomic E-state index is -0.549. The molecule has 0 saturated carbocycles. The molecule has 2 fully saturated rings. The zero-order valence-electron chi connectivity index (χ0n) is 25.7. The van der Waals surface area contributed by atoms with Gasteiger partial charge in [-0.1, -0.05) is 80.2 Å². The maximum absolute atomic E-state index is 11.9. The van der Waals surface area contributed by atoms with Crippen LogP contribution in [0.4, 0.5) is 4.79 Å². The number of nitrogens with one attached hydrogen (secondary N) is 1. The Balaban J connectivity index is 1.38. The number of benzene rings is 3. The zero-order chi connectivity index (χ0) is 30.9. The standard InChI is InChI=1S/C36H44N2O6/c1-4-18-42-36(40)37-21-27-8-5-9-29(19-27)30-10-6-11-31(20-30)35-43-33(22-38-17-7-12-32(38)24-41-3)25(2)34(44-35)28-15-13-26(23-39)14-16-28/h4-6,8-11,13-16,19-20,25,32-35,39H,1,7,12,17-18,21-24H2,2-3H3,(H,37,40). The summed E-state index contributed by atoms with van der Waals surface area (Å²) in [5, 5.41) is 12.4. The molecule has 0 spiro atoms. The van der Waals surface area contributed by atoms with Crippen molar-refractivity contribution in [2.45, 2.75) is 57.5 Å². The van der Waals surface area contributed by atoms with Crippen molar-refractivity contribution in [3.63, 3.8) is 0 Å². The van der Waals surface area contributed by atoms with Crippen molar-refractivity contribution in [2.24, 2.45) is 5.92 Å². The normalized spacial score (nSPS) is 23.8. The van der Waals surface area contributed by atoms with Crippen LogP contribution in [0, 0.1) is 5.92 Å². The number of carbonyl (C=O) groups is 1. The number of likely N-dealkylation sites (tertiary alicyclic amines) is 1. The Morgan fingerprint density at radius 3 is 2.57 bits per heavy atom. The van der Waals surface area contributed by atoms with Crippen molar-refractivity contribution in [3.05, 3.63) is 108 Å². The Hall–Kier alpha value is -3.53. The first-order chi connectivity index (χ1) is 21.5. The second-order valence-corrected chi connectivity index (χ2v) is 11.6. The van der Waals surface area contributed by atoms with Crippen molar-refractivity contribution in [1.82, 2.24) is 10.2 Å². The molecular weight excluding hydrogens is 556 g/mol. The smallest absolute Gasteiger partial charge is 0.407 e. The fourth-order valence-electron chi connectivity index (χ4n) is 6.16. The molecule has 2 saturated heterocycles. The Morgan fingerprint density at radius 1 is 1.05 bits per heavy atom. The average molecular weight is 601 g/mol. The highest BCUT2D eigenvalue weighted by molar-refractivity contribution is 5.68. The Labute approximate surface area is 260 Å². The fraction of sp³-hybridized carbons (Fsp3) is 0.417. The molecule has 0 bridgehead atoms. The highest BCUT2D eigenvalue weighted by Crippen LogP contribution is 2.43. The number of nitrogens with zero attached hydrogens (tertiary/aromatic N) is 1. The van der Waals surface area contributed by atoms with Gasteiger partial charge in [-0.25, -0.2) is 4.79 Å². The van der Waals surface area contributed by atoms with E-state index in [2.05, 4.69) is 66.2 Å². The topological polar surface area (TPSA) is 89.5 Å². The summed E-state index contributed by atoms with van der Waals surface area (Å²) in [7, 11) is 1.77. The lowest BCUT2D eigenvalue weighted by Gasteiger charge is -2.43. The number of aliphatic hydroxyl groups is 1. The summed E-state index contributed by atoms with van der Waals surface area (Å²) >= 11 is 0. The molecule has 5 unspecified atom stereocenters. The number of aliphatic hydroxyl groups excluding tert-OH is 1. The first kappa shape index (κ1) is 31.9. The Kier molecular flexibility index (Phi) is 11.2. The molecule has 2 aliphatic rings. The van der Waals surface area contributed by atoms with Gasteiger partial charge in [0.15, 0.2) is 6.29 Å². The van der Waals surface area contributed by atoms with E-state index in [1.165, 1.54) is 6.08 Å². The summed E-state index contributed by atoms with van der Waals surface area (Å²) in [4.78, 5) is 14.4. The number of hydrogen-bond acceptors (Lipinski definition) is 7. The number of methoxy groups -OCH3 is 1. The lowest BCUT2D eigenvalue weighted by molar-refractivity contribution is -0.276. The predicted molar refractivity (Wildman–Crippen MR) is 170 cm³/mol. The van der Waals surface area contributed by atoms with E-state index in [1.807, 2.05) is 30.3 Å². The molecule has 5 atom stereocenters. The van der Waals surface area contributed by atoms with Gasteiger partial charge in [-0.3, -0.25) is 4.90 Å². The number of carbonyl (C=O) groups excluding carboxylic acids is 1. The SMILES string of the molecule is C=CCOC(=O)NCc1cccc(-c2cccc(C3OC(CN4CCCC4COC)C(C)C(c4ccc(CO)cc4)O3)c2)c1. The first-order valence-corrected chi connectivity index (χ1v) is 15.4. The van der Waals surface area contributed by atoms with Crippen LogP contribution in [0.3, 0.4) is 0 Å². The van der Waals surface area contributed by atoms with Gasteiger partial charge in [0.25, 0.3) is 0 Å². The largest absolute Gasteiger partial charge is 0.445 e. The summed E-state index contributed by atoms with van der Waals surface area (Å²) in [6.45, 7) is 8.87. The number of ether oxygens (including phenoxy) is 4. The van der Waals surface area contributed by atoms with E-state index >= 15 is 0 Å². The molecule has 2 N–H and O–H groups in total. The quantitative estimate of drug-likeness (QED) is 0.241. The molecule has 44 heavy (non-hydrogen) atoms. The van der Waals surface area contributed by atoms with Gasteiger partial charge < -0.3 is 29.4 Å². The van der Waals surface area contributed by atoms with Crippen molar-refractivity contribution in [1.29, 1.82) is 0 Å². The number of amides is 1. The molecule has 5 rings (SSSR count). The highest BCUT2D eigenvalue weighted by atomic mass is 16.7. The molecule has 2 aliphatic heterocycles. The maximum atomic E-state index is 11.9. The molecule has 3 aromatic rings. The van der Waals surface area contributed by atoms with E-state index < -0.39 is 12.4 Å². The summed E-state index contributed by atoms with van der Waals surface area (Å²) < 4.78 is 24.0.